The summed E-state index contributed by atoms with van der Waals surface area (Å²) in [5, 5.41) is 7.85. The van der Waals surface area contributed by atoms with E-state index in [9.17, 15) is 4.79 Å². The average molecular weight is 433 g/mol. The average Bonchev–Trinajstić information content (AvgIpc) is 3.06. The summed E-state index contributed by atoms with van der Waals surface area (Å²) in [7, 11) is 0. The summed E-state index contributed by atoms with van der Waals surface area (Å²) >= 11 is 0. The van der Waals surface area contributed by atoms with Crippen molar-refractivity contribution in [1.29, 1.82) is 0 Å². The van der Waals surface area contributed by atoms with Gasteiger partial charge in [0, 0.05) is 38.1 Å². The van der Waals surface area contributed by atoms with E-state index in [4.69, 9.17) is 5.10 Å². The van der Waals surface area contributed by atoms with Gasteiger partial charge in [0.05, 0.1) is 23.6 Å². The minimum absolute atomic E-state index is 0.0452. The molecule has 1 aromatic carbocycles. The highest BCUT2D eigenvalue weighted by Crippen LogP contribution is 2.27. The molecule has 0 radical (unpaired) electrons. The minimum Gasteiger partial charge on any atom is -0.366 e. The molecule has 1 aliphatic rings. The van der Waals surface area contributed by atoms with E-state index in [1.165, 1.54) is 11.3 Å². The predicted molar refractivity (Wildman–Crippen MR) is 129 cm³/mol. The van der Waals surface area contributed by atoms with Crippen LogP contribution in [0.5, 0.6) is 0 Å². The van der Waals surface area contributed by atoms with Crippen LogP contribution in [0.15, 0.2) is 36.5 Å². The molecule has 7 heteroatoms. The Hall–Kier alpha value is -3.19. The lowest BCUT2D eigenvalue weighted by Gasteiger charge is -2.35. The highest BCUT2D eigenvalue weighted by molar-refractivity contribution is 5.93. The molecule has 0 saturated carbocycles. The third kappa shape index (κ3) is 4.53. The van der Waals surface area contributed by atoms with Gasteiger partial charge < -0.3 is 10.2 Å². The van der Waals surface area contributed by atoms with E-state index in [1.54, 1.807) is 6.20 Å². The summed E-state index contributed by atoms with van der Waals surface area (Å²) in [6.07, 6.45) is 1.79. The van der Waals surface area contributed by atoms with Crippen LogP contribution >= 0.6 is 0 Å². The number of piperazine rings is 1. The van der Waals surface area contributed by atoms with Crippen molar-refractivity contribution < 1.29 is 4.79 Å². The van der Waals surface area contributed by atoms with Crippen LogP contribution in [0.1, 0.15) is 28.1 Å². The third-order valence-corrected chi connectivity index (χ3v) is 6.12. The van der Waals surface area contributed by atoms with Crippen molar-refractivity contribution in [2.24, 2.45) is 0 Å². The van der Waals surface area contributed by atoms with Gasteiger partial charge in [-0.3, -0.25) is 9.69 Å². The van der Waals surface area contributed by atoms with Crippen molar-refractivity contribution in [3.05, 3.63) is 64.6 Å². The highest BCUT2D eigenvalue weighted by Gasteiger charge is 2.24. The molecule has 0 atom stereocenters. The van der Waals surface area contributed by atoms with Gasteiger partial charge in [0.25, 0.3) is 0 Å². The molecule has 1 fully saturated rings. The molecule has 4 rings (SSSR count). The van der Waals surface area contributed by atoms with Gasteiger partial charge in [0.1, 0.15) is 0 Å². The van der Waals surface area contributed by atoms with Crippen molar-refractivity contribution in [1.82, 2.24) is 19.7 Å². The number of nitrogens with one attached hydrogen (secondary N) is 1. The molecule has 1 N–H and O–H groups in total. The number of hydrogen-bond donors (Lipinski definition) is 1. The number of benzene rings is 1. The number of anilines is 2. The number of amides is 1. The van der Waals surface area contributed by atoms with E-state index in [0.29, 0.717) is 6.54 Å². The van der Waals surface area contributed by atoms with Crippen LogP contribution in [0, 0.1) is 34.6 Å². The number of aromatic nitrogens is 3. The molecule has 0 unspecified atom stereocenters. The highest BCUT2D eigenvalue weighted by atomic mass is 16.2. The van der Waals surface area contributed by atoms with Gasteiger partial charge in [-0.1, -0.05) is 23.8 Å². The summed E-state index contributed by atoms with van der Waals surface area (Å²) in [6.45, 7) is 14.1. The molecule has 3 aromatic rings. The molecule has 3 heterocycles. The number of carbonyl (C=O) groups is 1. The van der Waals surface area contributed by atoms with E-state index < -0.39 is 0 Å². The Morgan fingerprint density at radius 3 is 2.31 bits per heavy atom. The lowest BCUT2D eigenvalue weighted by Crippen LogP contribution is -2.49. The fourth-order valence-corrected chi connectivity index (χ4v) is 4.68. The second-order valence-electron chi connectivity index (χ2n) is 8.70. The maximum Gasteiger partial charge on any atom is 0.238 e. The van der Waals surface area contributed by atoms with E-state index >= 15 is 0 Å². The first-order chi connectivity index (χ1) is 15.3. The largest absolute Gasteiger partial charge is 0.366 e. The first-order valence-electron chi connectivity index (χ1n) is 11.2. The van der Waals surface area contributed by atoms with Crippen molar-refractivity contribution in [3.63, 3.8) is 0 Å². The van der Waals surface area contributed by atoms with E-state index in [2.05, 4.69) is 46.1 Å². The number of rotatable bonds is 5. The Bertz CT molecular complexity index is 1090. The van der Waals surface area contributed by atoms with Crippen LogP contribution < -0.4 is 10.2 Å². The van der Waals surface area contributed by atoms with Crippen LogP contribution in [-0.2, 0) is 4.79 Å². The molecular weight excluding hydrogens is 400 g/mol. The number of aryl methyl sites for hydroxylation is 4. The Morgan fingerprint density at radius 1 is 1.00 bits per heavy atom. The fourth-order valence-electron chi connectivity index (χ4n) is 4.68. The summed E-state index contributed by atoms with van der Waals surface area (Å²) in [5.74, 6) is 0.875. The Morgan fingerprint density at radius 2 is 1.69 bits per heavy atom. The van der Waals surface area contributed by atoms with Crippen LogP contribution in [0.2, 0.25) is 0 Å². The van der Waals surface area contributed by atoms with Crippen LogP contribution in [0.25, 0.3) is 5.82 Å². The smallest absolute Gasteiger partial charge is 0.238 e. The Kier molecular flexibility index (Phi) is 6.28. The van der Waals surface area contributed by atoms with E-state index in [-0.39, 0.29) is 5.91 Å². The van der Waals surface area contributed by atoms with E-state index in [0.717, 1.165) is 60.2 Å². The second kappa shape index (κ2) is 9.12. The monoisotopic (exact) mass is 432 g/mol. The van der Waals surface area contributed by atoms with Crippen molar-refractivity contribution in [2.45, 2.75) is 34.6 Å². The van der Waals surface area contributed by atoms with Gasteiger partial charge in [-0.05, 0) is 57.9 Å². The summed E-state index contributed by atoms with van der Waals surface area (Å²) in [4.78, 5) is 21.7. The third-order valence-electron chi connectivity index (χ3n) is 6.12. The van der Waals surface area contributed by atoms with E-state index in [1.807, 2.05) is 43.7 Å². The van der Waals surface area contributed by atoms with Crippen LogP contribution in [0.3, 0.4) is 0 Å². The van der Waals surface area contributed by atoms with Gasteiger partial charge in [0.15, 0.2) is 5.82 Å². The predicted octanol–water partition coefficient (Wildman–Crippen LogP) is 3.57. The molecular formula is C25H32N6O. The molecule has 7 nitrogen and oxygen atoms in total. The first-order valence-corrected chi connectivity index (χ1v) is 11.2. The van der Waals surface area contributed by atoms with Gasteiger partial charge >= 0.3 is 0 Å². The fraction of sp³-hybridized carbons (Fsp3) is 0.400. The van der Waals surface area contributed by atoms with Gasteiger partial charge in [-0.2, -0.15) is 5.10 Å². The molecule has 168 valence electrons. The summed E-state index contributed by atoms with van der Waals surface area (Å²) in [5.41, 5.74) is 7.64. The zero-order valence-electron chi connectivity index (χ0n) is 19.6. The Balaban J connectivity index is 1.38. The van der Waals surface area contributed by atoms with Crippen molar-refractivity contribution in [2.75, 3.05) is 42.9 Å². The maximum atomic E-state index is 12.7. The minimum atomic E-state index is 0.0452. The second-order valence-corrected chi connectivity index (χ2v) is 8.70. The number of hydrogen-bond acceptors (Lipinski definition) is 5. The standard InChI is InChI=1S/C25H32N6O/c1-17-14-18(2)24(19(3)15-17)27-23(32)16-29-10-12-30(13-11-29)25-20(4)28-31(21(25)5)22-8-6-7-9-26-22/h6-9,14-15H,10-13,16H2,1-5H3,(H,27,32). The van der Waals surface area contributed by atoms with Crippen molar-refractivity contribution in [3.8, 4) is 5.82 Å². The SMILES string of the molecule is Cc1cc(C)c(NC(=O)CN2CCN(c3c(C)nn(-c4ccccn4)c3C)CC2)c(C)c1. The quantitative estimate of drug-likeness (QED) is 0.668. The van der Waals surface area contributed by atoms with Crippen molar-refractivity contribution >= 4 is 17.3 Å². The van der Waals surface area contributed by atoms with Gasteiger partial charge in [-0.15, -0.1) is 0 Å². The van der Waals surface area contributed by atoms with Gasteiger partial charge in [0.2, 0.25) is 5.91 Å². The lowest BCUT2D eigenvalue weighted by molar-refractivity contribution is -0.117. The van der Waals surface area contributed by atoms with Crippen LogP contribution in [0.4, 0.5) is 11.4 Å². The normalized spacial score (nSPS) is 14.6. The topological polar surface area (TPSA) is 66.3 Å². The zero-order chi connectivity index (χ0) is 22.8. The van der Waals surface area contributed by atoms with Gasteiger partial charge in [-0.25, -0.2) is 9.67 Å². The maximum absolute atomic E-state index is 12.7. The first kappa shape index (κ1) is 22.0. The molecule has 0 aliphatic carbocycles. The molecule has 1 amide bonds. The molecule has 2 aromatic heterocycles. The number of carbonyl (C=O) groups excluding carboxylic acids is 1. The number of pyridine rings is 1. The van der Waals surface area contributed by atoms with Crippen LogP contribution in [-0.4, -0.2) is 58.3 Å². The molecule has 32 heavy (non-hydrogen) atoms. The molecule has 0 spiro atoms. The molecule has 1 aliphatic heterocycles. The summed E-state index contributed by atoms with van der Waals surface area (Å²) in [6, 6.07) is 10.1. The lowest BCUT2D eigenvalue weighted by atomic mass is 10.1. The zero-order valence-corrected chi connectivity index (χ0v) is 19.6. The molecule has 1 saturated heterocycles. The summed E-state index contributed by atoms with van der Waals surface area (Å²) < 4.78 is 1.91. The Labute approximate surface area is 190 Å². The molecule has 0 bridgehead atoms. The number of nitrogens with zero attached hydrogens (tertiary/aromatic N) is 5.